The molecule has 0 saturated heterocycles. The summed E-state index contributed by atoms with van der Waals surface area (Å²) < 4.78 is 1.89. The van der Waals surface area contributed by atoms with Crippen LogP contribution in [0.1, 0.15) is 0 Å². The fraction of sp³-hybridized carbons (Fsp3) is 0.400. The number of hydrogen-bond acceptors (Lipinski definition) is 1. The van der Waals surface area contributed by atoms with Crippen LogP contribution in [0.15, 0.2) is 18.7 Å². The van der Waals surface area contributed by atoms with Crippen LogP contribution in [0.2, 0.25) is 0 Å². The average molecular weight is 167 g/mol. The SMILES string of the molecule is ClCCl.Cn1ccnc1. The molecule has 0 fully saturated rings. The molecule has 0 atom stereocenters. The first-order valence-electron chi connectivity index (χ1n) is 2.35. The van der Waals surface area contributed by atoms with Crippen LogP contribution in [0.25, 0.3) is 0 Å². The van der Waals surface area contributed by atoms with Crippen LogP contribution < -0.4 is 0 Å². The Kier molecular flexibility index (Phi) is 5.78. The Morgan fingerprint density at radius 2 is 2.11 bits per heavy atom. The minimum atomic E-state index is 0.194. The summed E-state index contributed by atoms with van der Waals surface area (Å²) in [5, 5.41) is 0.194. The van der Waals surface area contributed by atoms with Crippen molar-refractivity contribution in [3.05, 3.63) is 18.7 Å². The molecule has 0 N–H and O–H groups in total. The van der Waals surface area contributed by atoms with Crippen molar-refractivity contribution < 1.29 is 0 Å². The molecule has 4 heteroatoms. The van der Waals surface area contributed by atoms with E-state index in [9.17, 15) is 0 Å². The Morgan fingerprint density at radius 3 is 2.22 bits per heavy atom. The zero-order valence-electron chi connectivity index (χ0n) is 5.09. The van der Waals surface area contributed by atoms with E-state index in [0.717, 1.165) is 0 Å². The topological polar surface area (TPSA) is 17.8 Å². The van der Waals surface area contributed by atoms with Crippen LogP contribution in [0.3, 0.4) is 0 Å². The summed E-state index contributed by atoms with van der Waals surface area (Å²) in [6.45, 7) is 0. The summed E-state index contributed by atoms with van der Waals surface area (Å²) in [6.07, 6.45) is 5.39. The number of aromatic nitrogens is 2. The average Bonchev–Trinajstić information content (AvgIpc) is 2.20. The van der Waals surface area contributed by atoms with Crippen LogP contribution in [0.4, 0.5) is 0 Å². The molecule has 2 nitrogen and oxygen atoms in total. The lowest BCUT2D eigenvalue weighted by molar-refractivity contribution is 0.913. The highest BCUT2D eigenvalue weighted by Gasteiger charge is 1.69. The predicted molar refractivity (Wildman–Crippen MR) is 39.8 cm³/mol. The van der Waals surface area contributed by atoms with Crippen molar-refractivity contribution in [2.24, 2.45) is 7.05 Å². The van der Waals surface area contributed by atoms with E-state index in [1.54, 1.807) is 12.5 Å². The predicted octanol–water partition coefficient (Wildman–Crippen LogP) is 1.84. The summed E-state index contributed by atoms with van der Waals surface area (Å²) in [6, 6.07) is 0. The number of imidazole rings is 1. The lowest BCUT2D eigenvalue weighted by Crippen LogP contribution is -1.76. The van der Waals surface area contributed by atoms with E-state index < -0.39 is 0 Å². The molecule has 0 radical (unpaired) electrons. The quantitative estimate of drug-likeness (QED) is 0.539. The van der Waals surface area contributed by atoms with E-state index in [4.69, 9.17) is 23.2 Å². The Morgan fingerprint density at radius 1 is 1.56 bits per heavy atom. The first-order chi connectivity index (χ1) is 4.31. The van der Waals surface area contributed by atoms with Crippen LogP contribution >= 0.6 is 23.2 Å². The molecule has 1 aromatic rings. The van der Waals surface area contributed by atoms with E-state index in [1.165, 1.54) is 0 Å². The normalized spacial score (nSPS) is 7.89. The van der Waals surface area contributed by atoms with E-state index in [1.807, 2.05) is 17.8 Å². The molecule has 0 bridgehead atoms. The highest BCUT2D eigenvalue weighted by Crippen LogP contribution is 1.73. The van der Waals surface area contributed by atoms with E-state index >= 15 is 0 Å². The summed E-state index contributed by atoms with van der Waals surface area (Å²) in [5.74, 6) is 0. The lowest BCUT2D eigenvalue weighted by Gasteiger charge is -1.76. The Balaban J connectivity index is 0.000000187. The van der Waals surface area contributed by atoms with E-state index in [-0.39, 0.29) is 5.34 Å². The van der Waals surface area contributed by atoms with Gasteiger partial charge in [-0.25, -0.2) is 4.98 Å². The van der Waals surface area contributed by atoms with Crippen molar-refractivity contribution in [3.63, 3.8) is 0 Å². The molecule has 0 aliphatic carbocycles. The fourth-order valence-corrected chi connectivity index (χ4v) is 0.326. The largest absolute Gasteiger partial charge is 0.341 e. The first kappa shape index (κ1) is 8.79. The minimum absolute atomic E-state index is 0.194. The molecule has 1 rings (SSSR count). The van der Waals surface area contributed by atoms with Crippen LogP contribution in [0.5, 0.6) is 0 Å². The molecule has 1 aromatic heterocycles. The van der Waals surface area contributed by atoms with Crippen LogP contribution in [-0.4, -0.2) is 14.9 Å². The molecule has 9 heavy (non-hydrogen) atoms. The molecule has 0 amide bonds. The summed E-state index contributed by atoms with van der Waals surface area (Å²) in [7, 11) is 1.94. The third-order valence-electron chi connectivity index (χ3n) is 0.637. The van der Waals surface area contributed by atoms with Gasteiger partial charge in [0, 0.05) is 19.4 Å². The number of halogens is 2. The second kappa shape index (κ2) is 5.92. The van der Waals surface area contributed by atoms with Gasteiger partial charge in [0.05, 0.1) is 11.7 Å². The number of alkyl halides is 2. The molecule has 1 heterocycles. The lowest BCUT2D eigenvalue weighted by atomic mass is 10.9. The summed E-state index contributed by atoms with van der Waals surface area (Å²) in [5.41, 5.74) is 0. The molecular formula is C5H8Cl2N2. The van der Waals surface area contributed by atoms with Crippen molar-refractivity contribution in [2.45, 2.75) is 0 Å². The third kappa shape index (κ3) is 5.66. The maximum atomic E-state index is 4.76. The standard InChI is InChI=1S/C4H6N2.CH2Cl2/c1-6-3-2-5-4-6;2-1-3/h2-4H,1H3;1H2. The highest BCUT2D eigenvalue weighted by molar-refractivity contribution is 6.40. The number of nitrogens with zero attached hydrogens (tertiary/aromatic N) is 2. The van der Waals surface area contributed by atoms with Gasteiger partial charge in [-0.1, -0.05) is 0 Å². The molecule has 0 saturated carbocycles. The van der Waals surface area contributed by atoms with Gasteiger partial charge in [-0.2, -0.15) is 0 Å². The van der Waals surface area contributed by atoms with Crippen LogP contribution in [-0.2, 0) is 7.05 Å². The molecular weight excluding hydrogens is 159 g/mol. The molecule has 0 spiro atoms. The van der Waals surface area contributed by atoms with Crippen molar-refractivity contribution in [3.8, 4) is 0 Å². The maximum absolute atomic E-state index is 4.76. The van der Waals surface area contributed by atoms with Crippen molar-refractivity contribution in [1.29, 1.82) is 0 Å². The monoisotopic (exact) mass is 166 g/mol. The number of rotatable bonds is 0. The van der Waals surface area contributed by atoms with E-state index in [2.05, 4.69) is 4.98 Å². The first-order valence-corrected chi connectivity index (χ1v) is 3.42. The summed E-state index contributed by atoms with van der Waals surface area (Å²) >= 11 is 9.53. The van der Waals surface area contributed by atoms with Crippen molar-refractivity contribution in [2.75, 3.05) is 5.34 Å². The zero-order chi connectivity index (χ0) is 7.11. The number of hydrogen-bond donors (Lipinski definition) is 0. The van der Waals surface area contributed by atoms with Gasteiger partial charge in [-0.15, -0.1) is 23.2 Å². The smallest absolute Gasteiger partial charge is 0.0967 e. The van der Waals surface area contributed by atoms with Gasteiger partial charge >= 0.3 is 0 Å². The van der Waals surface area contributed by atoms with Gasteiger partial charge in [0.15, 0.2) is 0 Å². The van der Waals surface area contributed by atoms with Crippen molar-refractivity contribution in [1.82, 2.24) is 9.55 Å². The van der Waals surface area contributed by atoms with Gasteiger partial charge in [-0.3, -0.25) is 0 Å². The van der Waals surface area contributed by atoms with Gasteiger partial charge in [-0.05, 0) is 0 Å². The molecule has 0 aliphatic heterocycles. The van der Waals surface area contributed by atoms with E-state index in [0.29, 0.717) is 0 Å². The second-order valence-corrected chi connectivity index (χ2v) is 2.14. The fourth-order valence-electron chi connectivity index (χ4n) is 0.326. The maximum Gasteiger partial charge on any atom is 0.0967 e. The Bertz CT molecular complexity index is 128. The van der Waals surface area contributed by atoms with Gasteiger partial charge in [0.1, 0.15) is 0 Å². The number of aryl methyl sites for hydroxylation is 1. The van der Waals surface area contributed by atoms with Gasteiger partial charge in [0.25, 0.3) is 0 Å². The Hall–Kier alpha value is -0.210. The molecule has 0 aliphatic rings. The molecule has 0 aromatic carbocycles. The van der Waals surface area contributed by atoms with Crippen molar-refractivity contribution >= 4 is 23.2 Å². The third-order valence-corrected chi connectivity index (χ3v) is 0.637. The van der Waals surface area contributed by atoms with Gasteiger partial charge < -0.3 is 4.57 Å². The highest BCUT2D eigenvalue weighted by atomic mass is 35.5. The minimum Gasteiger partial charge on any atom is -0.341 e. The Labute approximate surface area is 64.4 Å². The molecule has 0 unspecified atom stereocenters. The zero-order valence-corrected chi connectivity index (χ0v) is 6.60. The molecule has 52 valence electrons. The van der Waals surface area contributed by atoms with Crippen LogP contribution in [0, 0.1) is 0 Å². The second-order valence-electron chi connectivity index (χ2n) is 1.33. The van der Waals surface area contributed by atoms with Gasteiger partial charge in [0.2, 0.25) is 0 Å². The summed E-state index contributed by atoms with van der Waals surface area (Å²) in [4.78, 5) is 3.78.